The first kappa shape index (κ1) is 32.8. The van der Waals surface area contributed by atoms with Crippen LogP contribution in [0, 0.1) is 11.8 Å². The molecule has 0 saturated heterocycles. The summed E-state index contributed by atoms with van der Waals surface area (Å²) in [4.78, 5) is 14.6. The van der Waals surface area contributed by atoms with Gasteiger partial charge >= 0.3 is 6.18 Å². The molecule has 0 aromatic heterocycles. The minimum atomic E-state index is -4.64. The van der Waals surface area contributed by atoms with Crippen LogP contribution in [0.3, 0.4) is 0 Å². The molecule has 10 heteroatoms. The summed E-state index contributed by atoms with van der Waals surface area (Å²) in [6.45, 7) is 0.796. The summed E-state index contributed by atoms with van der Waals surface area (Å²) in [5.41, 5.74) is 1.42. The number of methoxy groups -OCH3 is 4. The number of rotatable bonds is 9. The van der Waals surface area contributed by atoms with Gasteiger partial charge in [0.2, 0.25) is 11.7 Å². The number of amides is 1. The Balaban J connectivity index is 2.10. The number of aliphatic hydroxyl groups excluding tert-OH is 1. The average Bonchev–Trinajstić information content (AvgIpc) is 3.05. The lowest BCUT2D eigenvalue weighted by Crippen LogP contribution is -2.33. The van der Waals surface area contributed by atoms with E-state index in [0.29, 0.717) is 39.3 Å². The summed E-state index contributed by atoms with van der Waals surface area (Å²) in [6.07, 6.45) is -4.64. The highest BCUT2D eigenvalue weighted by molar-refractivity contribution is 5.94. The first-order chi connectivity index (χ1) is 21.6. The van der Waals surface area contributed by atoms with Gasteiger partial charge in [-0.15, -0.1) is 0 Å². The van der Waals surface area contributed by atoms with E-state index in [4.69, 9.17) is 18.9 Å². The summed E-state index contributed by atoms with van der Waals surface area (Å²) in [5, 5.41) is 10.5. The zero-order valence-corrected chi connectivity index (χ0v) is 25.4. The largest absolute Gasteiger partial charge is 0.497 e. The van der Waals surface area contributed by atoms with Crippen molar-refractivity contribution in [2.75, 3.05) is 33.3 Å². The molecule has 1 N–H and O–H groups in total. The van der Waals surface area contributed by atoms with Crippen LogP contribution in [0.4, 0.5) is 18.9 Å². The van der Waals surface area contributed by atoms with E-state index in [1.54, 1.807) is 48.5 Å². The maximum Gasteiger partial charge on any atom is 0.416 e. The molecule has 0 saturated carbocycles. The van der Waals surface area contributed by atoms with Gasteiger partial charge in [0.25, 0.3) is 0 Å². The monoisotopic (exact) mass is 619 g/mol. The highest BCUT2D eigenvalue weighted by atomic mass is 19.4. The van der Waals surface area contributed by atoms with Gasteiger partial charge in [-0.3, -0.25) is 9.69 Å². The number of anilines is 1. The minimum absolute atomic E-state index is 0.00858. The molecule has 0 spiro atoms. The van der Waals surface area contributed by atoms with Crippen molar-refractivity contribution in [3.05, 3.63) is 101 Å². The molecule has 0 bridgehead atoms. The number of nitrogens with zero attached hydrogens (tertiary/aromatic N) is 1. The Labute approximate surface area is 259 Å². The van der Waals surface area contributed by atoms with E-state index in [1.807, 2.05) is 6.07 Å². The topological polar surface area (TPSA) is 77.5 Å². The van der Waals surface area contributed by atoms with Crippen LogP contribution < -0.4 is 23.8 Å². The fraction of sp³-hybridized carbons (Fsp3) is 0.229. The summed E-state index contributed by atoms with van der Waals surface area (Å²) in [6, 6.07) is 19.1. The molecular weight excluding hydrogens is 587 g/mol. The third-order valence-corrected chi connectivity index (χ3v) is 7.11. The van der Waals surface area contributed by atoms with Crippen molar-refractivity contribution in [1.29, 1.82) is 0 Å². The normalized spacial score (nSPS) is 11.6. The Bertz CT molecular complexity index is 1730. The number of carbonyl (C=O) groups excluding carboxylic acids is 1. The zero-order valence-electron chi connectivity index (χ0n) is 25.4. The van der Waals surface area contributed by atoms with Crippen LogP contribution in [0.5, 0.6) is 23.0 Å². The van der Waals surface area contributed by atoms with Gasteiger partial charge in [-0.05, 0) is 65.2 Å². The number of carbonyl (C=O) groups is 1. The molecule has 1 amide bonds. The Morgan fingerprint density at radius 3 is 2.13 bits per heavy atom. The van der Waals surface area contributed by atoms with Crippen LogP contribution in [0.15, 0.2) is 78.9 Å². The zero-order chi connectivity index (χ0) is 32.7. The van der Waals surface area contributed by atoms with Crippen molar-refractivity contribution in [3.8, 4) is 46.0 Å². The lowest BCUT2D eigenvalue weighted by molar-refractivity contribution is -0.137. The Kier molecular flexibility index (Phi) is 10.3. The van der Waals surface area contributed by atoms with Crippen molar-refractivity contribution in [3.63, 3.8) is 0 Å². The van der Waals surface area contributed by atoms with Gasteiger partial charge in [-0.1, -0.05) is 42.2 Å². The van der Waals surface area contributed by atoms with E-state index in [9.17, 15) is 23.1 Å². The third-order valence-electron chi connectivity index (χ3n) is 7.11. The molecule has 1 atom stereocenters. The highest BCUT2D eigenvalue weighted by Gasteiger charge is 2.33. The molecule has 0 aliphatic heterocycles. The van der Waals surface area contributed by atoms with Crippen LogP contribution in [-0.2, 0) is 17.6 Å². The molecule has 0 aliphatic carbocycles. The second-order valence-electron chi connectivity index (χ2n) is 9.76. The Hall–Kier alpha value is -5.14. The lowest BCUT2D eigenvalue weighted by Gasteiger charge is -2.30. The van der Waals surface area contributed by atoms with Gasteiger partial charge < -0.3 is 24.1 Å². The number of hydrogen-bond donors (Lipinski definition) is 1. The Morgan fingerprint density at radius 2 is 1.56 bits per heavy atom. The highest BCUT2D eigenvalue weighted by Crippen LogP contribution is 2.47. The molecule has 0 heterocycles. The van der Waals surface area contributed by atoms with Gasteiger partial charge in [-0.2, -0.15) is 13.2 Å². The average molecular weight is 620 g/mol. The molecule has 0 aliphatic rings. The fourth-order valence-electron chi connectivity index (χ4n) is 5.05. The van der Waals surface area contributed by atoms with E-state index >= 15 is 0 Å². The maximum atomic E-state index is 13.8. The number of aliphatic hydroxyl groups is 1. The molecule has 0 radical (unpaired) electrons. The van der Waals surface area contributed by atoms with Gasteiger partial charge in [0.1, 0.15) is 11.8 Å². The van der Waals surface area contributed by atoms with Crippen LogP contribution in [0.2, 0.25) is 0 Å². The van der Waals surface area contributed by atoms with Crippen LogP contribution in [0.25, 0.3) is 11.1 Å². The van der Waals surface area contributed by atoms with Gasteiger partial charge in [0, 0.05) is 23.7 Å². The summed E-state index contributed by atoms with van der Waals surface area (Å²) in [7, 11) is 5.79. The molecule has 4 rings (SSSR count). The molecule has 4 aromatic rings. The standard InChI is InChI=1S/C35H32F3NO6/c1-22(41)39(25-13-9-12-24(18-25)35(36,37)38)31(17-14-23-10-7-6-8-11-23)29-19-26(42-2)15-16-27(29)28-20-32(43-3)34(45-5)33(44-4)30(28)21-40/h6-13,15-16,18-20,31,40H,21H2,1-5H3. The van der Waals surface area contributed by atoms with Gasteiger partial charge in [0.15, 0.2) is 11.5 Å². The molecule has 234 valence electrons. The Morgan fingerprint density at radius 1 is 0.844 bits per heavy atom. The summed E-state index contributed by atoms with van der Waals surface area (Å²) >= 11 is 0. The maximum absolute atomic E-state index is 13.8. The van der Waals surface area contributed by atoms with Gasteiger partial charge in [0.05, 0.1) is 40.6 Å². The smallest absolute Gasteiger partial charge is 0.416 e. The van der Waals surface area contributed by atoms with Crippen molar-refractivity contribution in [1.82, 2.24) is 0 Å². The summed E-state index contributed by atoms with van der Waals surface area (Å²) in [5.74, 6) is 6.86. The summed E-state index contributed by atoms with van der Waals surface area (Å²) < 4.78 is 63.6. The van der Waals surface area contributed by atoms with Crippen LogP contribution in [0.1, 0.15) is 35.2 Å². The third kappa shape index (κ3) is 7.00. The van der Waals surface area contributed by atoms with Gasteiger partial charge in [-0.25, -0.2) is 0 Å². The number of benzene rings is 4. The first-order valence-corrected chi connectivity index (χ1v) is 13.7. The molecule has 45 heavy (non-hydrogen) atoms. The molecule has 7 nitrogen and oxygen atoms in total. The fourth-order valence-corrected chi connectivity index (χ4v) is 5.05. The second kappa shape index (κ2) is 14.1. The van der Waals surface area contributed by atoms with Crippen LogP contribution in [-0.4, -0.2) is 39.5 Å². The molecule has 1 unspecified atom stereocenters. The van der Waals surface area contributed by atoms with Crippen molar-refractivity contribution in [2.24, 2.45) is 0 Å². The second-order valence-corrected chi connectivity index (χ2v) is 9.76. The lowest BCUT2D eigenvalue weighted by atomic mass is 9.89. The molecular formula is C35H32F3NO6. The van der Waals surface area contributed by atoms with E-state index in [2.05, 4.69) is 11.8 Å². The number of ether oxygens (including phenoxy) is 4. The van der Waals surface area contributed by atoms with E-state index in [-0.39, 0.29) is 17.2 Å². The minimum Gasteiger partial charge on any atom is -0.497 e. The molecule has 0 fully saturated rings. The predicted molar refractivity (Wildman–Crippen MR) is 165 cm³/mol. The number of alkyl halides is 3. The molecule has 4 aromatic carbocycles. The quantitative estimate of drug-likeness (QED) is 0.203. The van der Waals surface area contributed by atoms with E-state index in [0.717, 1.165) is 12.1 Å². The number of halogens is 3. The van der Waals surface area contributed by atoms with Crippen LogP contribution >= 0.6 is 0 Å². The van der Waals surface area contributed by atoms with Crippen molar-refractivity contribution in [2.45, 2.75) is 25.7 Å². The number of hydrogen-bond acceptors (Lipinski definition) is 6. The predicted octanol–water partition coefficient (Wildman–Crippen LogP) is 7.05. The first-order valence-electron chi connectivity index (χ1n) is 13.7. The van der Waals surface area contributed by atoms with Crippen molar-refractivity contribution >= 4 is 11.6 Å². The SMILES string of the molecule is COc1ccc(-c2cc(OC)c(OC)c(OC)c2CO)c(C(C#Cc2ccccc2)N(C(C)=O)c2cccc(C(F)(F)F)c2)c1. The van der Waals surface area contributed by atoms with Crippen molar-refractivity contribution < 1.29 is 42.0 Å². The van der Waals surface area contributed by atoms with E-state index in [1.165, 1.54) is 52.4 Å². The van der Waals surface area contributed by atoms with E-state index < -0.39 is 30.3 Å².